The molecule has 0 radical (unpaired) electrons. The SMILES string of the molecule is CCOC(=O)c1c(-c2ccc(F)cc2)csc1NC(=O)COc1ccc(Br)cc1Br. The number of thiophene rings is 1. The number of carbonyl (C=O) groups is 2. The minimum absolute atomic E-state index is 0.186. The van der Waals surface area contributed by atoms with Crippen LogP contribution in [0.4, 0.5) is 9.39 Å². The fraction of sp³-hybridized carbons (Fsp3) is 0.143. The monoisotopic (exact) mass is 555 g/mol. The highest BCUT2D eigenvalue weighted by molar-refractivity contribution is 9.11. The van der Waals surface area contributed by atoms with E-state index in [-0.39, 0.29) is 24.6 Å². The molecule has 1 amide bonds. The second kappa shape index (κ2) is 10.2. The first-order valence-corrected chi connectivity index (χ1v) is 11.3. The Morgan fingerprint density at radius 3 is 2.53 bits per heavy atom. The summed E-state index contributed by atoms with van der Waals surface area (Å²) in [6, 6.07) is 11.1. The predicted molar refractivity (Wildman–Crippen MR) is 122 cm³/mol. The second-order valence-corrected chi connectivity index (χ2v) is 8.64. The maximum absolute atomic E-state index is 13.3. The van der Waals surface area contributed by atoms with Crippen LogP contribution >= 0.6 is 43.2 Å². The van der Waals surface area contributed by atoms with Gasteiger partial charge in [-0.15, -0.1) is 11.3 Å². The standard InChI is InChI=1S/C21H16Br2FNO4S/c1-2-28-21(27)19-15(12-3-6-14(24)7-4-12)11-30-20(19)25-18(26)10-29-17-8-5-13(22)9-16(17)23/h3-9,11H,2,10H2,1H3,(H,25,26). The van der Waals surface area contributed by atoms with Crippen LogP contribution in [-0.2, 0) is 9.53 Å². The van der Waals surface area contributed by atoms with E-state index in [2.05, 4.69) is 37.2 Å². The van der Waals surface area contributed by atoms with Gasteiger partial charge >= 0.3 is 5.97 Å². The number of anilines is 1. The van der Waals surface area contributed by atoms with Crippen LogP contribution in [-0.4, -0.2) is 25.1 Å². The third-order valence-electron chi connectivity index (χ3n) is 3.93. The number of hydrogen-bond acceptors (Lipinski definition) is 5. The third-order valence-corrected chi connectivity index (χ3v) is 5.94. The van der Waals surface area contributed by atoms with Gasteiger partial charge in [-0.25, -0.2) is 9.18 Å². The number of rotatable bonds is 7. The zero-order valence-electron chi connectivity index (χ0n) is 15.7. The molecule has 3 rings (SSSR count). The number of hydrogen-bond donors (Lipinski definition) is 1. The molecule has 9 heteroatoms. The number of esters is 1. The molecule has 1 heterocycles. The van der Waals surface area contributed by atoms with Crippen LogP contribution in [0, 0.1) is 5.82 Å². The number of nitrogens with one attached hydrogen (secondary N) is 1. The van der Waals surface area contributed by atoms with E-state index < -0.39 is 11.9 Å². The van der Waals surface area contributed by atoms with Crippen molar-refractivity contribution in [1.29, 1.82) is 0 Å². The highest BCUT2D eigenvalue weighted by atomic mass is 79.9. The lowest BCUT2D eigenvalue weighted by molar-refractivity contribution is -0.118. The quantitative estimate of drug-likeness (QED) is 0.348. The van der Waals surface area contributed by atoms with Gasteiger partial charge in [-0.3, -0.25) is 4.79 Å². The van der Waals surface area contributed by atoms with Gasteiger partial charge in [0.1, 0.15) is 22.1 Å². The molecule has 5 nitrogen and oxygen atoms in total. The molecular weight excluding hydrogens is 541 g/mol. The Kier molecular flexibility index (Phi) is 7.63. The molecule has 0 fully saturated rings. The number of halogens is 3. The molecule has 1 aromatic heterocycles. The summed E-state index contributed by atoms with van der Waals surface area (Å²) in [5, 5.41) is 4.77. The highest BCUT2D eigenvalue weighted by Crippen LogP contribution is 2.36. The summed E-state index contributed by atoms with van der Waals surface area (Å²) in [6.45, 7) is 1.64. The zero-order valence-corrected chi connectivity index (χ0v) is 19.7. The van der Waals surface area contributed by atoms with Gasteiger partial charge < -0.3 is 14.8 Å². The van der Waals surface area contributed by atoms with Gasteiger partial charge in [0, 0.05) is 15.4 Å². The zero-order chi connectivity index (χ0) is 21.7. The van der Waals surface area contributed by atoms with Crippen molar-refractivity contribution in [2.24, 2.45) is 0 Å². The smallest absolute Gasteiger partial charge is 0.341 e. The first-order valence-electron chi connectivity index (χ1n) is 8.81. The van der Waals surface area contributed by atoms with Crippen LogP contribution in [0.5, 0.6) is 5.75 Å². The van der Waals surface area contributed by atoms with Crippen LogP contribution in [0.3, 0.4) is 0 Å². The summed E-state index contributed by atoms with van der Waals surface area (Å²) in [7, 11) is 0. The molecule has 2 aromatic carbocycles. The first-order chi connectivity index (χ1) is 14.4. The Morgan fingerprint density at radius 1 is 1.13 bits per heavy atom. The summed E-state index contributed by atoms with van der Waals surface area (Å²) < 4.78 is 25.5. The number of carbonyl (C=O) groups excluding carboxylic acids is 2. The minimum atomic E-state index is -0.565. The van der Waals surface area contributed by atoms with Crippen molar-refractivity contribution in [3.63, 3.8) is 0 Å². The third kappa shape index (κ3) is 5.47. The fourth-order valence-electron chi connectivity index (χ4n) is 2.60. The lowest BCUT2D eigenvalue weighted by Gasteiger charge is -2.10. The van der Waals surface area contributed by atoms with Crippen LogP contribution in [0.15, 0.2) is 56.8 Å². The summed E-state index contributed by atoms with van der Waals surface area (Å²) in [4.78, 5) is 25.0. The Bertz CT molecular complexity index is 1070. The van der Waals surface area contributed by atoms with Crippen molar-refractivity contribution < 1.29 is 23.5 Å². The normalized spacial score (nSPS) is 10.5. The molecule has 0 saturated carbocycles. The van der Waals surface area contributed by atoms with E-state index >= 15 is 0 Å². The molecule has 3 aromatic rings. The van der Waals surface area contributed by atoms with Gasteiger partial charge in [0.15, 0.2) is 6.61 Å². The van der Waals surface area contributed by atoms with E-state index in [0.29, 0.717) is 26.4 Å². The molecule has 0 spiro atoms. The van der Waals surface area contributed by atoms with Crippen molar-refractivity contribution >= 4 is 60.1 Å². The van der Waals surface area contributed by atoms with Crippen LogP contribution < -0.4 is 10.1 Å². The van der Waals surface area contributed by atoms with E-state index in [0.717, 1.165) is 4.47 Å². The Hall–Kier alpha value is -2.23. The molecular formula is C21H16Br2FNO4S. The van der Waals surface area contributed by atoms with Crippen LogP contribution in [0.1, 0.15) is 17.3 Å². The molecule has 30 heavy (non-hydrogen) atoms. The average Bonchev–Trinajstić information content (AvgIpc) is 3.11. The van der Waals surface area contributed by atoms with Crippen LogP contribution in [0.2, 0.25) is 0 Å². The van der Waals surface area contributed by atoms with Crippen molar-refractivity contribution in [3.05, 3.63) is 68.2 Å². The number of benzene rings is 2. The summed E-state index contributed by atoms with van der Waals surface area (Å²) in [5.74, 6) is -0.860. The number of ether oxygens (including phenoxy) is 2. The lowest BCUT2D eigenvalue weighted by Crippen LogP contribution is -2.21. The van der Waals surface area contributed by atoms with E-state index in [1.165, 1.54) is 23.5 Å². The van der Waals surface area contributed by atoms with Gasteiger partial charge in [0.2, 0.25) is 0 Å². The lowest BCUT2D eigenvalue weighted by atomic mass is 10.0. The molecule has 0 unspecified atom stereocenters. The molecule has 0 saturated heterocycles. The van der Waals surface area contributed by atoms with E-state index in [9.17, 15) is 14.0 Å². The van der Waals surface area contributed by atoms with Crippen LogP contribution in [0.25, 0.3) is 11.1 Å². The first kappa shape index (κ1) is 22.5. The Morgan fingerprint density at radius 2 is 1.87 bits per heavy atom. The predicted octanol–water partition coefficient (Wildman–Crippen LogP) is 6.27. The maximum atomic E-state index is 13.3. The molecule has 156 valence electrons. The molecule has 0 aliphatic heterocycles. The molecule has 0 atom stereocenters. The topological polar surface area (TPSA) is 64.6 Å². The van der Waals surface area contributed by atoms with Gasteiger partial charge in [0.25, 0.3) is 5.91 Å². The summed E-state index contributed by atoms with van der Waals surface area (Å²) in [6.07, 6.45) is 0. The molecule has 1 N–H and O–H groups in total. The highest BCUT2D eigenvalue weighted by Gasteiger charge is 2.23. The van der Waals surface area contributed by atoms with Crippen molar-refractivity contribution in [2.45, 2.75) is 6.92 Å². The van der Waals surface area contributed by atoms with E-state index in [1.807, 2.05) is 0 Å². The van der Waals surface area contributed by atoms with Crippen molar-refractivity contribution in [3.8, 4) is 16.9 Å². The summed E-state index contributed by atoms with van der Waals surface area (Å²) in [5.41, 5.74) is 1.43. The van der Waals surface area contributed by atoms with Crippen molar-refractivity contribution in [2.75, 3.05) is 18.5 Å². The second-order valence-electron chi connectivity index (χ2n) is 5.99. The maximum Gasteiger partial charge on any atom is 0.341 e. The molecule has 0 aliphatic carbocycles. The van der Waals surface area contributed by atoms with Crippen molar-refractivity contribution in [1.82, 2.24) is 0 Å². The largest absolute Gasteiger partial charge is 0.483 e. The minimum Gasteiger partial charge on any atom is -0.483 e. The average molecular weight is 557 g/mol. The molecule has 0 bridgehead atoms. The Balaban J connectivity index is 1.79. The van der Waals surface area contributed by atoms with Gasteiger partial charge in [-0.1, -0.05) is 28.1 Å². The summed E-state index contributed by atoms with van der Waals surface area (Å²) >= 11 is 7.91. The van der Waals surface area contributed by atoms with Gasteiger partial charge in [-0.05, 0) is 58.7 Å². The van der Waals surface area contributed by atoms with Gasteiger partial charge in [-0.2, -0.15) is 0 Å². The fourth-order valence-corrected chi connectivity index (χ4v) is 4.73. The van der Waals surface area contributed by atoms with E-state index in [1.54, 1.807) is 42.6 Å². The Labute approximate surface area is 193 Å². The number of amides is 1. The van der Waals surface area contributed by atoms with E-state index in [4.69, 9.17) is 9.47 Å². The molecule has 0 aliphatic rings. The van der Waals surface area contributed by atoms with Gasteiger partial charge in [0.05, 0.1) is 11.1 Å².